The van der Waals surface area contributed by atoms with Crippen LogP contribution in [0.3, 0.4) is 0 Å². The van der Waals surface area contributed by atoms with Crippen LogP contribution >= 0.6 is 12.4 Å². The number of hydrogen-bond acceptors (Lipinski definition) is 4. The third-order valence-electron chi connectivity index (χ3n) is 2.46. The van der Waals surface area contributed by atoms with Crippen molar-refractivity contribution < 1.29 is 14.3 Å². The van der Waals surface area contributed by atoms with Crippen molar-refractivity contribution in [1.82, 2.24) is 10.6 Å². The average molecular weight is 302 g/mol. The molecule has 0 fully saturated rings. The highest BCUT2D eigenvalue weighted by molar-refractivity contribution is 5.94. The molecule has 0 aliphatic carbocycles. The van der Waals surface area contributed by atoms with Crippen molar-refractivity contribution >= 4 is 24.2 Å². The van der Waals surface area contributed by atoms with Crippen molar-refractivity contribution in [2.24, 2.45) is 5.73 Å². The molecular formula is C13H20ClN3O3. The number of nitrogens with one attached hydrogen (secondary N) is 2. The number of rotatable bonds is 6. The van der Waals surface area contributed by atoms with E-state index in [9.17, 15) is 9.59 Å². The number of carbonyl (C=O) groups excluding carboxylic acids is 2. The summed E-state index contributed by atoms with van der Waals surface area (Å²) in [6, 6.07) is 6.30. The standard InChI is InChI=1S/C13H19N3O3.ClH/c1-9(14)12(17)15-6-7-16-13(18)10-4-3-5-11(8-10)19-2;/h3-5,8-9H,6-7,14H2,1-2H3,(H,15,17)(H,16,18);1H/t9-;/m0./s1. The summed E-state index contributed by atoms with van der Waals surface area (Å²) in [6.07, 6.45) is 0. The lowest BCUT2D eigenvalue weighted by Crippen LogP contribution is -2.42. The molecule has 2 amide bonds. The predicted molar refractivity (Wildman–Crippen MR) is 79.2 cm³/mol. The number of halogens is 1. The van der Waals surface area contributed by atoms with Crippen molar-refractivity contribution in [3.63, 3.8) is 0 Å². The second kappa shape index (κ2) is 9.17. The van der Waals surface area contributed by atoms with Gasteiger partial charge in [-0.15, -0.1) is 12.4 Å². The zero-order chi connectivity index (χ0) is 14.3. The minimum absolute atomic E-state index is 0. The van der Waals surface area contributed by atoms with Gasteiger partial charge in [-0.05, 0) is 25.1 Å². The van der Waals surface area contributed by atoms with Crippen LogP contribution in [0.25, 0.3) is 0 Å². The molecule has 0 aromatic heterocycles. The first-order chi connectivity index (χ1) is 9.04. The van der Waals surface area contributed by atoms with Gasteiger partial charge in [0.05, 0.1) is 13.2 Å². The van der Waals surface area contributed by atoms with Gasteiger partial charge in [0.15, 0.2) is 0 Å². The van der Waals surface area contributed by atoms with E-state index in [4.69, 9.17) is 10.5 Å². The number of nitrogens with two attached hydrogens (primary N) is 1. The summed E-state index contributed by atoms with van der Waals surface area (Å²) >= 11 is 0. The number of ether oxygens (including phenoxy) is 1. The largest absolute Gasteiger partial charge is 0.497 e. The van der Waals surface area contributed by atoms with Gasteiger partial charge in [0.2, 0.25) is 5.91 Å². The highest BCUT2D eigenvalue weighted by atomic mass is 35.5. The van der Waals surface area contributed by atoms with E-state index in [1.165, 1.54) is 0 Å². The van der Waals surface area contributed by atoms with Gasteiger partial charge in [-0.1, -0.05) is 6.07 Å². The van der Waals surface area contributed by atoms with E-state index in [2.05, 4.69) is 10.6 Å². The van der Waals surface area contributed by atoms with E-state index < -0.39 is 6.04 Å². The molecule has 1 aromatic carbocycles. The molecule has 0 unspecified atom stereocenters. The molecule has 0 aliphatic heterocycles. The molecule has 6 nitrogen and oxygen atoms in total. The summed E-state index contributed by atoms with van der Waals surface area (Å²) in [6.45, 7) is 2.29. The van der Waals surface area contributed by atoms with Crippen molar-refractivity contribution in [2.75, 3.05) is 20.2 Å². The zero-order valence-corrected chi connectivity index (χ0v) is 12.3. The fourth-order valence-electron chi connectivity index (χ4n) is 1.39. The number of hydrogen-bond donors (Lipinski definition) is 3. The van der Waals surface area contributed by atoms with E-state index >= 15 is 0 Å². The lowest BCUT2D eigenvalue weighted by Gasteiger charge is -2.09. The summed E-state index contributed by atoms with van der Waals surface area (Å²) in [7, 11) is 1.54. The Morgan fingerprint density at radius 3 is 2.55 bits per heavy atom. The summed E-state index contributed by atoms with van der Waals surface area (Å²) in [5.41, 5.74) is 5.90. The number of methoxy groups -OCH3 is 1. The van der Waals surface area contributed by atoms with Crippen LogP contribution in [0.4, 0.5) is 0 Å². The molecule has 1 rings (SSSR count). The average Bonchev–Trinajstić information content (AvgIpc) is 2.42. The molecule has 7 heteroatoms. The highest BCUT2D eigenvalue weighted by Crippen LogP contribution is 2.11. The normalized spacial score (nSPS) is 10.9. The Labute approximate surface area is 124 Å². The van der Waals surface area contributed by atoms with E-state index in [1.54, 1.807) is 38.3 Å². The van der Waals surface area contributed by atoms with Gasteiger partial charge in [-0.25, -0.2) is 0 Å². The van der Waals surface area contributed by atoms with E-state index in [0.29, 0.717) is 24.4 Å². The number of amides is 2. The van der Waals surface area contributed by atoms with Crippen LogP contribution in [-0.2, 0) is 4.79 Å². The first-order valence-corrected chi connectivity index (χ1v) is 6.00. The summed E-state index contributed by atoms with van der Waals surface area (Å²) in [5, 5.41) is 5.30. The van der Waals surface area contributed by atoms with Gasteiger partial charge >= 0.3 is 0 Å². The smallest absolute Gasteiger partial charge is 0.251 e. The molecule has 0 heterocycles. The van der Waals surface area contributed by atoms with Gasteiger partial charge in [0.25, 0.3) is 5.91 Å². The quantitative estimate of drug-likeness (QED) is 0.659. The van der Waals surface area contributed by atoms with Crippen molar-refractivity contribution in [3.05, 3.63) is 29.8 Å². The summed E-state index contributed by atoms with van der Waals surface area (Å²) in [5.74, 6) is 0.169. The van der Waals surface area contributed by atoms with Gasteiger partial charge < -0.3 is 21.1 Å². The minimum Gasteiger partial charge on any atom is -0.497 e. The van der Waals surface area contributed by atoms with Gasteiger partial charge in [-0.2, -0.15) is 0 Å². The van der Waals surface area contributed by atoms with Crippen LogP contribution in [0.5, 0.6) is 5.75 Å². The van der Waals surface area contributed by atoms with Crippen LogP contribution in [0.2, 0.25) is 0 Å². The molecule has 112 valence electrons. The summed E-state index contributed by atoms with van der Waals surface area (Å²) < 4.78 is 5.04. The molecule has 0 bridgehead atoms. The first-order valence-electron chi connectivity index (χ1n) is 6.00. The number of benzene rings is 1. The van der Waals surface area contributed by atoms with Crippen molar-refractivity contribution in [1.29, 1.82) is 0 Å². The topological polar surface area (TPSA) is 93.5 Å². The highest BCUT2D eigenvalue weighted by Gasteiger charge is 2.07. The van der Waals surface area contributed by atoms with Gasteiger partial charge in [-0.3, -0.25) is 9.59 Å². The van der Waals surface area contributed by atoms with Crippen LogP contribution in [0, 0.1) is 0 Å². The monoisotopic (exact) mass is 301 g/mol. The second-order valence-electron chi connectivity index (χ2n) is 4.07. The maximum Gasteiger partial charge on any atom is 0.251 e. The Kier molecular flexibility index (Phi) is 8.35. The van der Waals surface area contributed by atoms with Crippen molar-refractivity contribution in [2.45, 2.75) is 13.0 Å². The van der Waals surface area contributed by atoms with Crippen LogP contribution in [-0.4, -0.2) is 38.1 Å². The molecule has 1 atom stereocenters. The van der Waals surface area contributed by atoms with Crippen molar-refractivity contribution in [3.8, 4) is 5.75 Å². The molecule has 0 spiro atoms. The Hall–Kier alpha value is -1.79. The molecular weight excluding hydrogens is 282 g/mol. The van der Waals surface area contributed by atoms with E-state index in [0.717, 1.165) is 0 Å². The second-order valence-corrected chi connectivity index (χ2v) is 4.07. The van der Waals surface area contributed by atoms with Gasteiger partial charge in [0, 0.05) is 18.7 Å². The van der Waals surface area contributed by atoms with Gasteiger partial charge in [0.1, 0.15) is 5.75 Å². The lowest BCUT2D eigenvalue weighted by atomic mass is 10.2. The fourth-order valence-corrected chi connectivity index (χ4v) is 1.39. The lowest BCUT2D eigenvalue weighted by molar-refractivity contribution is -0.121. The maximum absolute atomic E-state index is 11.8. The van der Waals surface area contributed by atoms with Crippen LogP contribution < -0.4 is 21.1 Å². The third-order valence-corrected chi connectivity index (χ3v) is 2.46. The SMILES string of the molecule is COc1cccc(C(=O)NCCNC(=O)[C@H](C)N)c1.Cl. The third kappa shape index (κ3) is 5.90. The zero-order valence-electron chi connectivity index (χ0n) is 11.5. The molecule has 0 aliphatic rings. The Morgan fingerprint density at radius 1 is 1.30 bits per heavy atom. The van der Waals surface area contributed by atoms with E-state index in [1.807, 2.05) is 0 Å². The maximum atomic E-state index is 11.8. The summed E-state index contributed by atoms with van der Waals surface area (Å²) in [4.78, 5) is 23.0. The molecule has 0 saturated heterocycles. The Morgan fingerprint density at radius 2 is 1.95 bits per heavy atom. The molecule has 0 radical (unpaired) electrons. The molecule has 1 aromatic rings. The number of carbonyl (C=O) groups is 2. The molecule has 20 heavy (non-hydrogen) atoms. The Bertz CT molecular complexity index is 452. The minimum atomic E-state index is -0.547. The molecule has 0 saturated carbocycles. The van der Waals surface area contributed by atoms with Crippen LogP contribution in [0.15, 0.2) is 24.3 Å². The van der Waals surface area contributed by atoms with Crippen LogP contribution in [0.1, 0.15) is 17.3 Å². The first kappa shape index (κ1) is 18.2. The molecule has 4 N–H and O–H groups in total. The fraction of sp³-hybridized carbons (Fsp3) is 0.385. The van der Waals surface area contributed by atoms with E-state index in [-0.39, 0.29) is 24.2 Å². The predicted octanol–water partition coefficient (Wildman–Crippen LogP) is 0.310. The Balaban J connectivity index is 0.00000361.